The van der Waals surface area contributed by atoms with Crippen molar-refractivity contribution in [3.05, 3.63) is 29.6 Å². The van der Waals surface area contributed by atoms with Crippen molar-refractivity contribution in [2.45, 2.75) is 4.43 Å². The Kier molecular flexibility index (Phi) is 3.11. The van der Waals surface area contributed by atoms with E-state index in [0.29, 0.717) is 5.75 Å². The standard InChI is InChI=1S/C8H8FIO/c1-11-8-4-7(9)3-2-6(8)5-10/h2-4H,5H2,1H3. The highest BCUT2D eigenvalue weighted by Gasteiger charge is 2.01. The minimum absolute atomic E-state index is 0.254. The quantitative estimate of drug-likeness (QED) is 0.590. The first kappa shape index (κ1) is 8.77. The number of hydrogen-bond donors (Lipinski definition) is 0. The molecule has 0 fully saturated rings. The van der Waals surface area contributed by atoms with Gasteiger partial charge in [-0.25, -0.2) is 4.39 Å². The van der Waals surface area contributed by atoms with Crippen LogP contribution in [0.5, 0.6) is 5.75 Å². The monoisotopic (exact) mass is 266 g/mol. The van der Waals surface area contributed by atoms with Gasteiger partial charge in [-0.15, -0.1) is 0 Å². The first-order chi connectivity index (χ1) is 5.27. The van der Waals surface area contributed by atoms with E-state index in [2.05, 4.69) is 22.6 Å². The van der Waals surface area contributed by atoms with Crippen LogP contribution in [-0.4, -0.2) is 7.11 Å². The fourth-order valence-corrected chi connectivity index (χ4v) is 1.46. The van der Waals surface area contributed by atoms with Crippen LogP contribution in [0.1, 0.15) is 5.56 Å². The largest absolute Gasteiger partial charge is 0.496 e. The van der Waals surface area contributed by atoms with Gasteiger partial charge in [0.05, 0.1) is 7.11 Å². The molecule has 1 aromatic carbocycles. The smallest absolute Gasteiger partial charge is 0.126 e. The molecule has 0 bridgehead atoms. The Hall–Kier alpha value is -0.320. The molecule has 0 saturated carbocycles. The number of alkyl halides is 1. The normalized spacial score (nSPS) is 9.73. The van der Waals surface area contributed by atoms with Gasteiger partial charge in [0.25, 0.3) is 0 Å². The van der Waals surface area contributed by atoms with Crippen LogP contribution in [0.15, 0.2) is 18.2 Å². The maximum absolute atomic E-state index is 12.6. The fourth-order valence-electron chi connectivity index (χ4n) is 0.829. The lowest BCUT2D eigenvalue weighted by atomic mass is 10.2. The molecule has 1 rings (SSSR count). The minimum atomic E-state index is -0.254. The molecule has 0 aromatic heterocycles. The third kappa shape index (κ3) is 2.05. The Morgan fingerprint density at radius 3 is 2.82 bits per heavy atom. The van der Waals surface area contributed by atoms with Gasteiger partial charge in [-0.1, -0.05) is 28.7 Å². The van der Waals surface area contributed by atoms with Gasteiger partial charge in [0.1, 0.15) is 11.6 Å². The van der Waals surface area contributed by atoms with E-state index in [-0.39, 0.29) is 5.82 Å². The van der Waals surface area contributed by atoms with Crippen LogP contribution in [0.25, 0.3) is 0 Å². The number of rotatable bonds is 2. The number of halogens is 2. The highest BCUT2D eigenvalue weighted by atomic mass is 127. The first-order valence-electron chi connectivity index (χ1n) is 3.16. The lowest BCUT2D eigenvalue weighted by Gasteiger charge is -2.04. The van der Waals surface area contributed by atoms with Crippen LogP contribution in [0.3, 0.4) is 0 Å². The average molecular weight is 266 g/mol. The predicted molar refractivity (Wildman–Crippen MR) is 50.7 cm³/mol. The zero-order valence-electron chi connectivity index (χ0n) is 6.10. The van der Waals surface area contributed by atoms with Crippen LogP contribution in [0, 0.1) is 5.82 Å². The number of methoxy groups -OCH3 is 1. The molecule has 3 heteroatoms. The average Bonchev–Trinajstić information content (AvgIpc) is 2.04. The summed E-state index contributed by atoms with van der Waals surface area (Å²) in [6.07, 6.45) is 0. The van der Waals surface area contributed by atoms with Gasteiger partial charge in [0.2, 0.25) is 0 Å². The summed E-state index contributed by atoms with van der Waals surface area (Å²) < 4.78 is 18.4. The van der Waals surface area contributed by atoms with Crippen molar-refractivity contribution in [1.29, 1.82) is 0 Å². The molecule has 0 aliphatic heterocycles. The van der Waals surface area contributed by atoms with E-state index in [4.69, 9.17) is 4.74 Å². The summed E-state index contributed by atoms with van der Waals surface area (Å²) in [7, 11) is 1.55. The molecule has 11 heavy (non-hydrogen) atoms. The molecule has 60 valence electrons. The van der Waals surface area contributed by atoms with Crippen LogP contribution in [0.4, 0.5) is 4.39 Å². The fraction of sp³-hybridized carbons (Fsp3) is 0.250. The third-order valence-electron chi connectivity index (χ3n) is 1.39. The number of hydrogen-bond acceptors (Lipinski definition) is 1. The molecule has 1 nitrogen and oxygen atoms in total. The van der Waals surface area contributed by atoms with Gasteiger partial charge in [-0.05, 0) is 6.07 Å². The van der Waals surface area contributed by atoms with Gasteiger partial charge in [0.15, 0.2) is 0 Å². The second-order valence-electron chi connectivity index (χ2n) is 2.09. The van der Waals surface area contributed by atoms with Crippen molar-refractivity contribution in [2.24, 2.45) is 0 Å². The van der Waals surface area contributed by atoms with Gasteiger partial charge < -0.3 is 4.74 Å². The SMILES string of the molecule is COc1cc(F)ccc1CI. The molecule has 0 radical (unpaired) electrons. The Morgan fingerprint density at radius 1 is 1.55 bits per heavy atom. The van der Waals surface area contributed by atoms with Gasteiger partial charge in [-0.3, -0.25) is 0 Å². The lowest BCUT2D eigenvalue weighted by Crippen LogP contribution is -1.89. The summed E-state index contributed by atoms with van der Waals surface area (Å²) in [5, 5.41) is 0. The van der Waals surface area contributed by atoms with E-state index in [1.807, 2.05) is 0 Å². The Morgan fingerprint density at radius 2 is 2.27 bits per heavy atom. The summed E-state index contributed by atoms with van der Waals surface area (Å²) in [6, 6.07) is 4.57. The van der Waals surface area contributed by atoms with Crippen molar-refractivity contribution in [3.8, 4) is 5.75 Å². The molecule has 0 amide bonds. The molecule has 0 saturated heterocycles. The van der Waals surface area contributed by atoms with Crippen LogP contribution >= 0.6 is 22.6 Å². The zero-order valence-corrected chi connectivity index (χ0v) is 8.26. The summed E-state index contributed by atoms with van der Waals surface area (Å²) in [5.41, 5.74) is 1.02. The Labute approximate surface area is 78.7 Å². The molecule has 0 unspecified atom stereocenters. The number of ether oxygens (including phenoxy) is 1. The molecule has 0 aliphatic carbocycles. The lowest BCUT2D eigenvalue weighted by molar-refractivity contribution is 0.408. The van der Waals surface area contributed by atoms with Crippen LogP contribution in [0.2, 0.25) is 0 Å². The molecule has 0 aliphatic rings. The van der Waals surface area contributed by atoms with E-state index >= 15 is 0 Å². The molecule has 0 atom stereocenters. The second kappa shape index (κ2) is 3.90. The highest BCUT2D eigenvalue weighted by molar-refractivity contribution is 14.1. The summed E-state index contributed by atoms with van der Waals surface area (Å²) >= 11 is 2.21. The van der Waals surface area contributed by atoms with E-state index < -0.39 is 0 Å². The van der Waals surface area contributed by atoms with Crippen molar-refractivity contribution in [2.75, 3.05) is 7.11 Å². The molecule has 1 aromatic rings. The molecule has 0 spiro atoms. The maximum atomic E-state index is 12.6. The van der Waals surface area contributed by atoms with E-state index in [9.17, 15) is 4.39 Å². The van der Waals surface area contributed by atoms with E-state index in [0.717, 1.165) is 9.99 Å². The molecule has 0 heterocycles. The number of benzene rings is 1. The van der Waals surface area contributed by atoms with Crippen LogP contribution in [-0.2, 0) is 4.43 Å². The summed E-state index contributed by atoms with van der Waals surface area (Å²) in [5.74, 6) is 0.370. The molecular weight excluding hydrogens is 258 g/mol. The van der Waals surface area contributed by atoms with Gasteiger partial charge in [-0.2, -0.15) is 0 Å². The Bertz CT molecular complexity index is 250. The summed E-state index contributed by atoms with van der Waals surface area (Å²) in [6.45, 7) is 0. The van der Waals surface area contributed by atoms with E-state index in [1.54, 1.807) is 13.2 Å². The van der Waals surface area contributed by atoms with Crippen molar-refractivity contribution in [3.63, 3.8) is 0 Å². The van der Waals surface area contributed by atoms with Crippen molar-refractivity contribution < 1.29 is 9.13 Å². The van der Waals surface area contributed by atoms with Crippen LogP contribution < -0.4 is 4.74 Å². The summed E-state index contributed by atoms with van der Waals surface area (Å²) in [4.78, 5) is 0. The topological polar surface area (TPSA) is 9.23 Å². The van der Waals surface area contributed by atoms with Crippen molar-refractivity contribution in [1.82, 2.24) is 0 Å². The second-order valence-corrected chi connectivity index (χ2v) is 2.85. The third-order valence-corrected chi connectivity index (χ3v) is 2.21. The van der Waals surface area contributed by atoms with Gasteiger partial charge in [0, 0.05) is 16.1 Å². The maximum Gasteiger partial charge on any atom is 0.126 e. The Balaban J connectivity index is 3.06. The first-order valence-corrected chi connectivity index (χ1v) is 4.69. The van der Waals surface area contributed by atoms with Crippen molar-refractivity contribution >= 4 is 22.6 Å². The molecular formula is C8H8FIO. The zero-order chi connectivity index (χ0) is 8.27. The minimum Gasteiger partial charge on any atom is -0.496 e. The van der Waals surface area contributed by atoms with E-state index in [1.165, 1.54) is 12.1 Å². The van der Waals surface area contributed by atoms with Gasteiger partial charge >= 0.3 is 0 Å². The highest BCUT2D eigenvalue weighted by Crippen LogP contribution is 2.21. The molecule has 0 N–H and O–H groups in total. The predicted octanol–water partition coefficient (Wildman–Crippen LogP) is 2.77.